The molecule has 0 radical (unpaired) electrons. The van der Waals surface area contributed by atoms with Crippen molar-refractivity contribution in [2.75, 3.05) is 0 Å². The van der Waals surface area contributed by atoms with Gasteiger partial charge in [0.1, 0.15) is 0 Å². The highest BCUT2D eigenvalue weighted by atomic mass is 32.1. The average molecular weight is 1010 g/mol. The monoisotopic (exact) mass is 1010 g/mol. The lowest BCUT2D eigenvalue weighted by Crippen LogP contribution is -1.59. The quantitative estimate of drug-likeness (QED) is 0.114. The van der Waals surface area contributed by atoms with Gasteiger partial charge in [-0.05, 0) is 156 Å². The fourth-order valence-corrected chi connectivity index (χ4v) is 19.2. The highest BCUT2D eigenvalue weighted by molar-refractivity contribution is 7.32. The van der Waals surface area contributed by atoms with Gasteiger partial charge in [0.05, 0.1) is 0 Å². The Morgan fingerprint density at radius 1 is 0.194 bits per heavy atom. The Kier molecular flexibility index (Phi) is 11.1. The summed E-state index contributed by atoms with van der Waals surface area (Å²) in [5.41, 5.74) is 0. The average Bonchev–Trinajstić information content (AvgIpc) is 4.15. The summed E-state index contributed by atoms with van der Waals surface area (Å²) in [6.07, 6.45) is 4.53. The lowest BCUT2D eigenvalue weighted by Gasteiger charge is -1.93. The fraction of sp³-hybridized carbons (Fsp3) is 0. The van der Waals surface area contributed by atoms with Gasteiger partial charge < -0.3 is 0 Å². The van der Waals surface area contributed by atoms with Gasteiger partial charge in [0.25, 0.3) is 0 Å². The molecule has 0 unspecified atom stereocenters. The minimum Gasteiger partial charge on any atom is -0.143 e. The molecule has 0 aliphatic heterocycles. The molecule has 0 aromatic carbocycles. The van der Waals surface area contributed by atoms with E-state index in [4.69, 9.17) is 0 Å². The van der Waals surface area contributed by atoms with Gasteiger partial charge in [0.15, 0.2) is 0 Å². The maximum Gasteiger partial charge on any atom is 0.0449 e. The summed E-state index contributed by atoms with van der Waals surface area (Å²) in [5, 5.41) is 4.30. The van der Waals surface area contributed by atoms with Crippen LogP contribution in [0, 0.1) is 0 Å². The molecule has 0 aliphatic rings. The number of hydrogen-bond donors (Lipinski definition) is 0. The van der Waals surface area contributed by atoms with Crippen LogP contribution in [0.5, 0.6) is 0 Å². The standard InChI is InChI=1S/C50H28S12/c1-3-31(51-27-1)33-11-13-39(55-33)41-19-21-47(59-41)49-25-23-45(61-49)43-17-15-37(57-43)35-9-7-29(53-35)5-6-30-8-10-36(54-30)38-16-18-44(58-38)46-24-26-50(62-46)48-22-20-42(60-48)40-14-12-34(56-40)32-4-2-28-52-32/h1-28H/b6-5+. The summed E-state index contributed by atoms with van der Waals surface area (Å²) < 4.78 is 0. The second kappa shape index (κ2) is 17.3. The summed E-state index contributed by atoms with van der Waals surface area (Å²) in [6.45, 7) is 0. The highest BCUT2D eigenvalue weighted by Gasteiger charge is 2.16. The molecular weight excluding hydrogens is 985 g/mol. The van der Waals surface area contributed by atoms with E-state index in [2.05, 4.69) is 169 Å². The molecule has 12 aromatic rings. The first-order chi connectivity index (χ1) is 30.6. The van der Waals surface area contributed by atoms with E-state index in [0.717, 1.165) is 0 Å². The predicted molar refractivity (Wildman–Crippen MR) is 291 cm³/mol. The van der Waals surface area contributed by atoms with E-state index >= 15 is 0 Å². The molecule has 0 spiro atoms. The van der Waals surface area contributed by atoms with E-state index < -0.39 is 0 Å². The van der Waals surface area contributed by atoms with Crippen LogP contribution >= 0.6 is 136 Å². The van der Waals surface area contributed by atoms with E-state index in [0.29, 0.717) is 0 Å². The van der Waals surface area contributed by atoms with Gasteiger partial charge in [-0.2, -0.15) is 0 Å². The van der Waals surface area contributed by atoms with Crippen LogP contribution in [0.15, 0.2) is 156 Å². The SMILES string of the molecule is C(=C\c1ccc(-c2ccc(-c3ccc(-c4ccc(-c5ccc(-c6cccs6)s5)s4)s3)s2)s1)/c1ccc(-c2ccc(-c3ccc(-c4ccc(-c5ccc(-c6cccs6)s5)s4)s3)s2)s1. The Morgan fingerprint density at radius 3 is 0.597 bits per heavy atom. The smallest absolute Gasteiger partial charge is 0.0449 e. The maximum atomic E-state index is 2.29. The molecule has 12 rings (SSSR count). The first-order valence-electron chi connectivity index (χ1n) is 19.4. The molecule has 300 valence electrons. The summed E-state index contributed by atoms with van der Waals surface area (Å²) in [5.74, 6) is 0. The second-order valence-corrected chi connectivity index (χ2v) is 26.8. The van der Waals surface area contributed by atoms with Crippen LogP contribution in [0.4, 0.5) is 0 Å². The van der Waals surface area contributed by atoms with Crippen molar-refractivity contribution in [1.29, 1.82) is 0 Å². The highest BCUT2D eigenvalue weighted by Crippen LogP contribution is 2.48. The fourth-order valence-electron chi connectivity index (χ4n) is 6.97. The van der Waals surface area contributed by atoms with Crippen LogP contribution in [0.2, 0.25) is 0 Å². The maximum absolute atomic E-state index is 2.29. The van der Waals surface area contributed by atoms with Crippen LogP contribution in [-0.4, -0.2) is 0 Å². The molecule has 0 saturated heterocycles. The van der Waals surface area contributed by atoms with Crippen molar-refractivity contribution in [2.45, 2.75) is 0 Å². The van der Waals surface area contributed by atoms with Crippen molar-refractivity contribution in [2.24, 2.45) is 0 Å². The van der Waals surface area contributed by atoms with E-state index in [1.165, 1.54) is 107 Å². The lowest BCUT2D eigenvalue weighted by molar-refractivity contribution is 1.89. The van der Waals surface area contributed by atoms with Crippen LogP contribution in [0.3, 0.4) is 0 Å². The summed E-state index contributed by atoms with van der Waals surface area (Å²) in [4.78, 5) is 29.2. The zero-order valence-corrected chi connectivity index (χ0v) is 41.9. The number of hydrogen-bond acceptors (Lipinski definition) is 12. The van der Waals surface area contributed by atoms with Crippen LogP contribution < -0.4 is 0 Å². The topological polar surface area (TPSA) is 0 Å². The van der Waals surface area contributed by atoms with Gasteiger partial charge in [-0.15, -0.1) is 136 Å². The molecule has 0 fully saturated rings. The molecule has 12 aromatic heterocycles. The molecule has 0 saturated carbocycles. The molecular formula is C50H28S12. The Bertz CT molecular complexity index is 3200. The van der Waals surface area contributed by atoms with Crippen molar-refractivity contribution >= 4 is 148 Å². The van der Waals surface area contributed by atoms with Crippen molar-refractivity contribution in [1.82, 2.24) is 0 Å². The number of thiophene rings is 12. The van der Waals surface area contributed by atoms with E-state index in [1.807, 2.05) is 113 Å². The molecule has 12 heterocycles. The normalized spacial score (nSPS) is 11.8. The van der Waals surface area contributed by atoms with Crippen LogP contribution in [0.25, 0.3) is 110 Å². The first kappa shape index (κ1) is 39.7. The molecule has 0 aliphatic carbocycles. The Labute approximate surface area is 407 Å². The Hall–Kier alpha value is -3.86. The summed E-state index contributed by atoms with van der Waals surface area (Å²) in [7, 11) is 0. The number of rotatable bonds is 12. The Morgan fingerprint density at radius 2 is 0.387 bits per heavy atom. The summed E-state index contributed by atoms with van der Waals surface area (Å²) in [6, 6.07) is 54.2. The molecule has 0 amide bonds. The molecule has 0 nitrogen and oxygen atoms in total. The minimum atomic E-state index is 1.27. The first-order valence-corrected chi connectivity index (χ1v) is 29.3. The third kappa shape index (κ3) is 8.10. The van der Waals surface area contributed by atoms with Gasteiger partial charge in [-0.3, -0.25) is 0 Å². The lowest BCUT2D eigenvalue weighted by atomic mass is 10.3. The van der Waals surface area contributed by atoms with E-state index in [9.17, 15) is 0 Å². The van der Waals surface area contributed by atoms with Crippen molar-refractivity contribution < 1.29 is 0 Å². The zero-order chi connectivity index (χ0) is 41.0. The van der Waals surface area contributed by atoms with Gasteiger partial charge in [-0.25, -0.2) is 0 Å². The second-order valence-electron chi connectivity index (χ2n) is 14.0. The third-order valence-electron chi connectivity index (χ3n) is 9.98. The Balaban J connectivity index is 0.681. The largest absolute Gasteiger partial charge is 0.143 e. The molecule has 12 heteroatoms. The summed E-state index contributed by atoms with van der Waals surface area (Å²) >= 11 is 22.4. The molecule has 0 atom stereocenters. The predicted octanol–water partition coefficient (Wildman–Crippen LogP) is 21.3. The van der Waals surface area contributed by atoms with E-state index in [-0.39, 0.29) is 0 Å². The zero-order valence-electron chi connectivity index (χ0n) is 32.1. The van der Waals surface area contributed by atoms with Crippen molar-refractivity contribution in [3.63, 3.8) is 0 Å². The van der Waals surface area contributed by atoms with Crippen molar-refractivity contribution in [3.05, 3.63) is 166 Å². The van der Waals surface area contributed by atoms with Gasteiger partial charge in [0, 0.05) is 107 Å². The van der Waals surface area contributed by atoms with Gasteiger partial charge >= 0.3 is 0 Å². The third-order valence-corrected chi connectivity index (χ3v) is 24.5. The molecule has 62 heavy (non-hydrogen) atoms. The molecule has 0 bridgehead atoms. The van der Waals surface area contributed by atoms with Gasteiger partial charge in [0.2, 0.25) is 0 Å². The van der Waals surface area contributed by atoms with Crippen LogP contribution in [0.1, 0.15) is 9.75 Å². The van der Waals surface area contributed by atoms with Crippen molar-refractivity contribution in [3.8, 4) is 97.5 Å². The van der Waals surface area contributed by atoms with Gasteiger partial charge in [-0.1, -0.05) is 12.1 Å². The van der Waals surface area contributed by atoms with Crippen LogP contribution in [-0.2, 0) is 0 Å². The minimum absolute atomic E-state index is 1.27. The van der Waals surface area contributed by atoms with E-state index in [1.54, 1.807) is 22.7 Å². The molecule has 0 N–H and O–H groups in total.